The predicted octanol–water partition coefficient (Wildman–Crippen LogP) is 4.25. The van der Waals surface area contributed by atoms with Crippen molar-refractivity contribution in [3.05, 3.63) is 53.1 Å². The van der Waals surface area contributed by atoms with Crippen LogP contribution < -0.4 is 10.2 Å². The van der Waals surface area contributed by atoms with Crippen molar-refractivity contribution >= 4 is 44.4 Å². The molecule has 0 atom stereocenters. The molecule has 1 aromatic heterocycles. The second-order valence-corrected chi connectivity index (χ2v) is 10.2. The molecule has 0 radical (unpaired) electrons. The van der Waals surface area contributed by atoms with Gasteiger partial charge in [-0.1, -0.05) is 41.2 Å². The molecule has 5 nitrogen and oxygen atoms in total. The number of aromatic nitrogens is 1. The van der Waals surface area contributed by atoms with Gasteiger partial charge in [-0.05, 0) is 44.0 Å². The van der Waals surface area contributed by atoms with Gasteiger partial charge < -0.3 is 10.2 Å². The van der Waals surface area contributed by atoms with Crippen molar-refractivity contribution in [3.63, 3.8) is 0 Å². The molecule has 1 aliphatic rings. The van der Waals surface area contributed by atoms with Crippen LogP contribution >= 0.6 is 23.1 Å². The highest BCUT2D eigenvalue weighted by molar-refractivity contribution is 8.00. The number of fused-ring (bicyclic) bond motifs is 1. The Morgan fingerprint density at radius 1 is 1.03 bits per heavy atom. The normalized spacial score (nSPS) is 14.9. The minimum atomic E-state index is 0.101. The average molecular weight is 455 g/mol. The van der Waals surface area contributed by atoms with Crippen LogP contribution in [0.4, 0.5) is 5.13 Å². The van der Waals surface area contributed by atoms with Gasteiger partial charge in [-0.3, -0.25) is 9.69 Å². The third kappa shape index (κ3) is 5.59. The first kappa shape index (κ1) is 22.1. The van der Waals surface area contributed by atoms with Crippen LogP contribution in [0.2, 0.25) is 0 Å². The largest absolute Gasteiger partial charge is 0.354 e. The number of thiazole rings is 1. The Labute approximate surface area is 192 Å². The summed E-state index contributed by atoms with van der Waals surface area (Å²) in [6.07, 6.45) is 0. The third-order valence-corrected chi connectivity index (χ3v) is 7.98. The second kappa shape index (κ2) is 10.0. The Morgan fingerprint density at radius 3 is 2.45 bits per heavy atom. The Bertz CT molecular complexity index is 1000. The van der Waals surface area contributed by atoms with Crippen LogP contribution in [0.25, 0.3) is 10.2 Å². The molecule has 2 heterocycles. The van der Waals surface area contributed by atoms with Gasteiger partial charge in [-0.15, -0.1) is 11.8 Å². The monoisotopic (exact) mass is 454 g/mol. The van der Waals surface area contributed by atoms with Gasteiger partial charge in [0.2, 0.25) is 5.91 Å². The molecule has 4 rings (SSSR count). The van der Waals surface area contributed by atoms with Gasteiger partial charge in [-0.25, -0.2) is 4.98 Å². The lowest BCUT2D eigenvalue weighted by molar-refractivity contribution is -0.118. The number of thioether (sulfide) groups is 1. The van der Waals surface area contributed by atoms with Gasteiger partial charge in [-0.2, -0.15) is 0 Å². The topological polar surface area (TPSA) is 48.5 Å². The zero-order chi connectivity index (χ0) is 21.8. The number of aryl methyl sites for hydroxylation is 3. The fraction of sp³-hybridized carbons (Fsp3) is 0.417. The zero-order valence-electron chi connectivity index (χ0n) is 18.5. The maximum Gasteiger partial charge on any atom is 0.230 e. The summed E-state index contributed by atoms with van der Waals surface area (Å²) in [5, 5.41) is 4.19. The summed E-state index contributed by atoms with van der Waals surface area (Å²) in [5.41, 5.74) is 4.94. The standard InChI is InChI=1S/C24H30N4OS2/c1-17-4-8-20(9-5-17)30-16-21(29)25-10-11-27-12-14-28(15-13-27)24-26-22-18(2)6-7-19(3)23(22)31-24/h4-9H,10-16H2,1-3H3,(H,25,29). The molecule has 1 aliphatic heterocycles. The molecule has 7 heteroatoms. The first-order chi connectivity index (χ1) is 15.0. The summed E-state index contributed by atoms with van der Waals surface area (Å²) < 4.78 is 1.31. The summed E-state index contributed by atoms with van der Waals surface area (Å²) in [4.78, 5) is 23.0. The Kier molecular flexibility index (Phi) is 7.15. The van der Waals surface area contributed by atoms with E-state index in [4.69, 9.17) is 4.98 Å². The SMILES string of the molecule is Cc1ccc(SCC(=O)NCCN2CCN(c3nc4c(C)ccc(C)c4s3)CC2)cc1. The van der Waals surface area contributed by atoms with Gasteiger partial charge in [0.1, 0.15) is 0 Å². The van der Waals surface area contributed by atoms with Gasteiger partial charge in [0, 0.05) is 44.2 Å². The highest BCUT2D eigenvalue weighted by Crippen LogP contribution is 2.33. The van der Waals surface area contributed by atoms with Crippen molar-refractivity contribution in [2.24, 2.45) is 0 Å². The Balaban J connectivity index is 1.19. The number of amides is 1. The molecule has 0 saturated carbocycles. The summed E-state index contributed by atoms with van der Waals surface area (Å²) in [7, 11) is 0. The van der Waals surface area contributed by atoms with E-state index in [9.17, 15) is 4.79 Å². The Morgan fingerprint density at radius 2 is 1.74 bits per heavy atom. The maximum absolute atomic E-state index is 12.1. The van der Waals surface area contributed by atoms with Gasteiger partial charge >= 0.3 is 0 Å². The molecule has 164 valence electrons. The van der Waals surface area contributed by atoms with Crippen LogP contribution in [0, 0.1) is 20.8 Å². The quantitative estimate of drug-likeness (QED) is 0.541. The van der Waals surface area contributed by atoms with Crippen LogP contribution in [-0.4, -0.2) is 60.8 Å². The van der Waals surface area contributed by atoms with E-state index in [1.165, 1.54) is 21.4 Å². The number of rotatable bonds is 7. The molecule has 0 unspecified atom stereocenters. The molecule has 1 fully saturated rings. The first-order valence-corrected chi connectivity index (χ1v) is 12.6. The highest BCUT2D eigenvalue weighted by Gasteiger charge is 2.20. The fourth-order valence-corrected chi connectivity index (χ4v) is 5.63. The van der Waals surface area contributed by atoms with E-state index < -0.39 is 0 Å². The maximum atomic E-state index is 12.1. The smallest absolute Gasteiger partial charge is 0.230 e. The number of piperazine rings is 1. The summed E-state index contributed by atoms with van der Waals surface area (Å²) in [6.45, 7) is 11.9. The number of benzene rings is 2. The summed E-state index contributed by atoms with van der Waals surface area (Å²) in [6, 6.07) is 12.6. The minimum absolute atomic E-state index is 0.101. The van der Waals surface area contributed by atoms with Crippen LogP contribution in [0.5, 0.6) is 0 Å². The predicted molar refractivity (Wildman–Crippen MR) is 133 cm³/mol. The Hall–Kier alpha value is -2.09. The van der Waals surface area contributed by atoms with Gasteiger partial charge in [0.05, 0.1) is 16.0 Å². The number of anilines is 1. The van der Waals surface area contributed by atoms with E-state index in [-0.39, 0.29) is 5.91 Å². The van der Waals surface area contributed by atoms with E-state index in [2.05, 4.69) is 72.3 Å². The lowest BCUT2D eigenvalue weighted by atomic mass is 10.1. The minimum Gasteiger partial charge on any atom is -0.354 e. The molecular weight excluding hydrogens is 424 g/mol. The number of carbonyl (C=O) groups is 1. The van der Waals surface area contributed by atoms with Crippen LogP contribution in [0.3, 0.4) is 0 Å². The molecule has 1 N–H and O–H groups in total. The third-order valence-electron chi connectivity index (χ3n) is 5.71. The highest BCUT2D eigenvalue weighted by atomic mass is 32.2. The molecular formula is C24H30N4OS2. The number of nitrogens with zero attached hydrogens (tertiary/aromatic N) is 3. The van der Waals surface area contributed by atoms with Gasteiger partial charge in [0.15, 0.2) is 5.13 Å². The average Bonchev–Trinajstić information content (AvgIpc) is 3.23. The molecule has 2 aromatic carbocycles. The number of hydrogen-bond donors (Lipinski definition) is 1. The second-order valence-electron chi connectivity index (χ2n) is 8.15. The molecule has 0 spiro atoms. The van der Waals surface area contributed by atoms with Crippen LogP contribution in [-0.2, 0) is 4.79 Å². The van der Waals surface area contributed by atoms with Crippen molar-refractivity contribution in [1.29, 1.82) is 0 Å². The van der Waals surface area contributed by atoms with E-state index in [0.717, 1.165) is 48.3 Å². The van der Waals surface area contributed by atoms with Crippen molar-refractivity contribution < 1.29 is 4.79 Å². The molecule has 31 heavy (non-hydrogen) atoms. The first-order valence-electron chi connectivity index (χ1n) is 10.8. The summed E-state index contributed by atoms with van der Waals surface area (Å²) >= 11 is 3.40. The van der Waals surface area contributed by atoms with E-state index in [1.807, 2.05) is 11.3 Å². The fourth-order valence-electron chi connectivity index (χ4n) is 3.73. The van der Waals surface area contributed by atoms with Crippen LogP contribution in [0.15, 0.2) is 41.3 Å². The molecule has 0 aliphatic carbocycles. The van der Waals surface area contributed by atoms with E-state index in [0.29, 0.717) is 12.3 Å². The molecule has 1 amide bonds. The van der Waals surface area contributed by atoms with Crippen LogP contribution in [0.1, 0.15) is 16.7 Å². The van der Waals surface area contributed by atoms with Crippen molar-refractivity contribution in [2.45, 2.75) is 25.7 Å². The van der Waals surface area contributed by atoms with Crippen molar-refractivity contribution in [2.75, 3.05) is 49.9 Å². The number of nitrogens with one attached hydrogen (secondary N) is 1. The molecule has 0 bridgehead atoms. The van der Waals surface area contributed by atoms with Crippen molar-refractivity contribution in [3.8, 4) is 0 Å². The summed E-state index contributed by atoms with van der Waals surface area (Å²) in [5.74, 6) is 0.567. The number of carbonyl (C=O) groups excluding carboxylic acids is 1. The van der Waals surface area contributed by atoms with Gasteiger partial charge in [0.25, 0.3) is 0 Å². The van der Waals surface area contributed by atoms with Crippen molar-refractivity contribution in [1.82, 2.24) is 15.2 Å². The molecule has 1 saturated heterocycles. The van der Waals surface area contributed by atoms with E-state index in [1.54, 1.807) is 11.8 Å². The lowest BCUT2D eigenvalue weighted by Crippen LogP contribution is -2.48. The molecule has 3 aromatic rings. The zero-order valence-corrected chi connectivity index (χ0v) is 20.1. The number of hydrogen-bond acceptors (Lipinski definition) is 6. The lowest BCUT2D eigenvalue weighted by Gasteiger charge is -2.34. The van der Waals surface area contributed by atoms with E-state index >= 15 is 0 Å².